The van der Waals surface area contributed by atoms with Crippen LogP contribution in [0, 0.1) is 5.92 Å². The number of fused-ring (bicyclic) bond motifs is 1. The average Bonchev–Trinajstić information content (AvgIpc) is 3.21. The van der Waals surface area contributed by atoms with Crippen molar-refractivity contribution in [3.05, 3.63) is 24.0 Å². The Morgan fingerprint density at radius 3 is 2.96 bits per heavy atom. The summed E-state index contributed by atoms with van der Waals surface area (Å²) < 4.78 is 7.32. The van der Waals surface area contributed by atoms with Crippen molar-refractivity contribution in [1.82, 2.24) is 9.55 Å². The van der Waals surface area contributed by atoms with Crippen LogP contribution in [0.4, 0.5) is 5.69 Å². The largest absolute Gasteiger partial charge is 0.390 e. The molecule has 2 heterocycles. The van der Waals surface area contributed by atoms with Crippen LogP contribution >= 0.6 is 0 Å². The van der Waals surface area contributed by atoms with E-state index in [1.807, 2.05) is 25.2 Å². The molecule has 0 radical (unpaired) electrons. The molecule has 4 rings (SSSR count). The highest BCUT2D eigenvalue weighted by atomic mass is 16.5. The zero-order chi connectivity index (χ0) is 16.0. The number of aromatic nitrogens is 2. The summed E-state index contributed by atoms with van der Waals surface area (Å²) in [4.78, 5) is 16.8. The maximum absolute atomic E-state index is 12.1. The molecule has 23 heavy (non-hydrogen) atoms. The number of ether oxygens (including phenoxy) is 1. The topological polar surface area (TPSA) is 76.4 Å². The van der Waals surface area contributed by atoms with E-state index in [1.165, 1.54) is 12.8 Å². The summed E-state index contributed by atoms with van der Waals surface area (Å²) in [5.74, 6) is 1.51. The molecule has 6 nitrogen and oxygen atoms in total. The zero-order valence-electron chi connectivity index (χ0n) is 13.2. The number of aliphatic hydroxyl groups is 1. The van der Waals surface area contributed by atoms with Crippen LogP contribution in [0.5, 0.6) is 0 Å². The molecule has 0 unspecified atom stereocenters. The van der Waals surface area contributed by atoms with Crippen molar-refractivity contribution < 1.29 is 14.6 Å². The Hall–Kier alpha value is -1.92. The van der Waals surface area contributed by atoms with Crippen LogP contribution in [0.3, 0.4) is 0 Å². The number of carbonyl (C=O) groups is 1. The van der Waals surface area contributed by atoms with Gasteiger partial charge in [-0.25, -0.2) is 4.98 Å². The molecule has 1 aliphatic heterocycles. The number of benzene rings is 1. The van der Waals surface area contributed by atoms with E-state index >= 15 is 0 Å². The number of hydrogen-bond donors (Lipinski definition) is 2. The Bertz CT molecular complexity index is 751. The van der Waals surface area contributed by atoms with Crippen LogP contribution in [0.1, 0.15) is 31.0 Å². The molecule has 122 valence electrons. The third-order valence-corrected chi connectivity index (χ3v) is 4.75. The van der Waals surface area contributed by atoms with Crippen molar-refractivity contribution in [3.8, 4) is 0 Å². The van der Waals surface area contributed by atoms with Gasteiger partial charge >= 0.3 is 0 Å². The maximum atomic E-state index is 12.1. The van der Waals surface area contributed by atoms with Gasteiger partial charge in [0.2, 0.25) is 5.91 Å². The van der Waals surface area contributed by atoms with Crippen LogP contribution in [0.15, 0.2) is 18.2 Å². The van der Waals surface area contributed by atoms with Gasteiger partial charge in [0, 0.05) is 31.0 Å². The number of aliphatic hydroxyl groups excluding tert-OH is 1. The van der Waals surface area contributed by atoms with Crippen molar-refractivity contribution in [1.29, 1.82) is 0 Å². The normalized spacial score (nSPS) is 24.3. The van der Waals surface area contributed by atoms with Crippen molar-refractivity contribution in [2.24, 2.45) is 13.0 Å². The highest BCUT2D eigenvalue weighted by Gasteiger charge is 2.29. The van der Waals surface area contributed by atoms with Crippen molar-refractivity contribution in [3.63, 3.8) is 0 Å². The minimum absolute atomic E-state index is 0.0998. The fourth-order valence-electron chi connectivity index (χ4n) is 3.24. The fourth-order valence-corrected chi connectivity index (χ4v) is 3.24. The summed E-state index contributed by atoms with van der Waals surface area (Å²) in [6.07, 6.45) is 2.16. The molecule has 2 fully saturated rings. The van der Waals surface area contributed by atoms with Gasteiger partial charge in [0.15, 0.2) is 0 Å². The van der Waals surface area contributed by atoms with E-state index < -0.39 is 6.10 Å². The molecular weight excluding hydrogens is 294 g/mol. The van der Waals surface area contributed by atoms with E-state index in [0.717, 1.165) is 22.5 Å². The average molecular weight is 315 g/mol. The van der Waals surface area contributed by atoms with E-state index in [9.17, 15) is 9.90 Å². The monoisotopic (exact) mass is 315 g/mol. The van der Waals surface area contributed by atoms with Crippen LogP contribution in [0.25, 0.3) is 11.0 Å². The molecule has 0 bridgehead atoms. The first kappa shape index (κ1) is 14.7. The summed E-state index contributed by atoms with van der Waals surface area (Å²) in [6, 6.07) is 5.82. The van der Waals surface area contributed by atoms with E-state index in [4.69, 9.17) is 9.72 Å². The standard InChI is InChI=1S/C17H21N3O3/c1-20-14-5-4-12(7-13(14)19-17(20)10-2-3-10)18-16(22)6-11-8-23-9-15(11)21/h4-5,7,10-11,15,21H,2-3,6,8-9H2,1H3,(H,18,22)/t11-,15-/m1/s1. The molecule has 2 aliphatic rings. The van der Waals surface area contributed by atoms with Gasteiger partial charge < -0.3 is 19.7 Å². The number of nitrogens with zero attached hydrogens (tertiary/aromatic N) is 2. The van der Waals surface area contributed by atoms with Gasteiger partial charge in [-0.2, -0.15) is 0 Å². The number of imidazole rings is 1. The first-order chi connectivity index (χ1) is 11.1. The second kappa shape index (κ2) is 5.62. The summed E-state index contributed by atoms with van der Waals surface area (Å²) in [6.45, 7) is 0.764. The molecule has 2 atom stereocenters. The van der Waals surface area contributed by atoms with E-state index in [1.54, 1.807) is 0 Å². The molecule has 2 N–H and O–H groups in total. The Labute approximate surface area is 134 Å². The second-order valence-corrected chi connectivity index (χ2v) is 6.62. The van der Waals surface area contributed by atoms with E-state index in [-0.39, 0.29) is 18.2 Å². The highest BCUT2D eigenvalue weighted by molar-refractivity contribution is 5.93. The molecule has 1 aliphatic carbocycles. The van der Waals surface area contributed by atoms with Crippen LogP contribution < -0.4 is 5.32 Å². The first-order valence-corrected chi connectivity index (χ1v) is 8.14. The van der Waals surface area contributed by atoms with Crippen molar-refractivity contribution >= 4 is 22.6 Å². The lowest BCUT2D eigenvalue weighted by atomic mass is 10.0. The molecule has 1 saturated carbocycles. The number of nitrogens with one attached hydrogen (secondary N) is 1. The van der Waals surface area contributed by atoms with E-state index in [2.05, 4.69) is 9.88 Å². The van der Waals surface area contributed by atoms with Gasteiger partial charge in [0.05, 0.1) is 30.4 Å². The lowest BCUT2D eigenvalue weighted by molar-refractivity contribution is -0.117. The fraction of sp³-hybridized carbons (Fsp3) is 0.529. The van der Waals surface area contributed by atoms with Gasteiger partial charge in [-0.15, -0.1) is 0 Å². The Balaban J connectivity index is 1.49. The number of hydrogen-bond acceptors (Lipinski definition) is 4. The van der Waals surface area contributed by atoms with Crippen molar-refractivity contribution in [2.75, 3.05) is 18.5 Å². The smallest absolute Gasteiger partial charge is 0.224 e. The van der Waals surface area contributed by atoms with Gasteiger partial charge in [-0.3, -0.25) is 4.79 Å². The molecule has 0 spiro atoms. The molecule has 1 aromatic heterocycles. The molecular formula is C17H21N3O3. The molecule has 1 aromatic carbocycles. The van der Waals surface area contributed by atoms with Gasteiger partial charge in [0.1, 0.15) is 5.82 Å². The third-order valence-electron chi connectivity index (χ3n) is 4.75. The number of rotatable bonds is 4. The summed E-state index contributed by atoms with van der Waals surface area (Å²) in [5, 5.41) is 12.6. The number of aryl methyl sites for hydroxylation is 1. The molecule has 1 saturated heterocycles. The van der Waals surface area contributed by atoms with Gasteiger partial charge in [0.25, 0.3) is 0 Å². The number of amides is 1. The Morgan fingerprint density at radius 1 is 1.43 bits per heavy atom. The highest BCUT2D eigenvalue weighted by Crippen LogP contribution is 2.40. The maximum Gasteiger partial charge on any atom is 0.224 e. The SMILES string of the molecule is Cn1c(C2CC2)nc2cc(NC(=O)C[C@@H]3COC[C@H]3O)ccc21. The van der Waals surface area contributed by atoms with E-state index in [0.29, 0.717) is 19.1 Å². The third kappa shape index (κ3) is 2.84. The number of carbonyl (C=O) groups excluding carboxylic acids is 1. The first-order valence-electron chi connectivity index (χ1n) is 8.14. The van der Waals surface area contributed by atoms with Gasteiger partial charge in [-0.05, 0) is 31.0 Å². The lowest BCUT2D eigenvalue weighted by Gasteiger charge is -2.12. The lowest BCUT2D eigenvalue weighted by Crippen LogP contribution is -2.24. The minimum atomic E-state index is -0.542. The predicted molar refractivity (Wildman–Crippen MR) is 86.3 cm³/mol. The quantitative estimate of drug-likeness (QED) is 0.902. The van der Waals surface area contributed by atoms with Gasteiger partial charge in [-0.1, -0.05) is 0 Å². The predicted octanol–water partition coefficient (Wildman–Crippen LogP) is 1.79. The van der Waals surface area contributed by atoms with Crippen LogP contribution in [0.2, 0.25) is 0 Å². The number of anilines is 1. The zero-order valence-corrected chi connectivity index (χ0v) is 13.2. The second-order valence-electron chi connectivity index (χ2n) is 6.62. The molecule has 1 amide bonds. The summed E-state index contributed by atoms with van der Waals surface area (Å²) in [5.41, 5.74) is 2.75. The Morgan fingerprint density at radius 2 is 2.26 bits per heavy atom. The Kier molecular flexibility index (Phi) is 3.58. The van der Waals surface area contributed by atoms with Crippen molar-refractivity contribution in [2.45, 2.75) is 31.3 Å². The molecule has 2 aromatic rings. The summed E-state index contributed by atoms with van der Waals surface area (Å²) in [7, 11) is 2.04. The molecule has 6 heteroatoms. The summed E-state index contributed by atoms with van der Waals surface area (Å²) >= 11 is 0. The van der Waals surface area contributed by atoms with Crippen LogP contribution in [-0.2, 0) is 16.6 Å². The van der Waals surface area contributed by atoms with Crippen LogP contribution in [-0.4, -0.2) is 39.9 Å². The minimum Gasteiger partial charge on any atom is -0.390 e.